The van der Waals surface area contributed by atoms with Crippen LogP contribution in [0.2, 0.25) is 0 Å². The fourth-order valence-corrected chi connectivity index (χ4v) is 3.42. The van der Waals surface area contributed by atoms with Crippen LogP contribution in [0.15, 0.2) is 18.3 Å². The number of benzene rings is 1. The zero-order valence-electron chi connectivity index (χ0n) is 15.0. The Morgan fingerprint density at radius 2 is 1.87 bits per heavy atom. The molecule has 16 heteroatoms. The second kappa shape index (κ2) is 7.86. The Balaban J connectivity index is 1.85. The van der Waals surface area contributed by atoms with E-state index in [0.29, 0.717) is 23.5 Å². The van der Waals surface area contributed by atoms with E-state index in [9.17, 15) is 41.7 Å². The van der Waals surface area contributed by atoms with E-state index < -0.39 is 62.4 Å². The molecule has 2 amide bonds. The van der Waals surface area contributed by atoms with Crippen LogP contribution in [0.3, 0.4) is 0 Å². The molecule has 164 valence electrons. The van der Waals surface area contributed by atoms with Gasteiger partial charge in [-0.3, -0.25) is 35.2 Å². The number of rotatable bonds is 4. The van der Waals surface area contributed by atoms with Crippen molar-refractivity contribution in [2.24, 2.45) is 7.05 Å². The Labute approximate surface area is 171 Å². The summed E-state index contributed by atoms with van der Waals surface area (Å²) in [7, 11) is 1.30. The van der Waals surface area contributed by atoms with E-state index in [0.717, 1.165) is 10.9 Å². The number of aryl methyl sites for hydroxylation is 1. The monoisotopic (exact) mass is 464 g/mol. The van der Waals surface area contributed by atoms with Gasteiger partial charge in [-0.2, -0.15) is 18.3 Å². The SMILES string of the molecule is Cn1cc(C(=O)NNC(=O)c2nc3cc(C(F)(F)F)cc([N+](=O)[O-])c3s2)c(C(F)F)n1. The summed E-state index contributed by atoms with van der Waals surface area (Å²) in [5.74, 6) is -2.26. The van der Waals surface area contributed by atoms with Crippen LogP contribution < -0.4 is 10.9 Å². The summed E-state index contributed by atoms with van der Waals surface area (Å²) in [5, 5.41) is 14.0. The van der Waals surface area contributed by atoms with Crippen LogP contribution in [0.1, 0.15) is 37.8 Å². The van der Waals surface area contributed by atoms with Crippen molar-refractivity contribution in [3.8, 4) is 0 Å². The summed E-state index contributed by atoms with van der Waals surface area (Å²) < 4.78 is 65.4. The van der Waals surface area contributed by atoms with Gasteiger partial charge in [0, 0.05) is 19.3 Å². The number of halogens is 5. The van der Waals surface area contributed by atoms with Crippen molar-refractivity contribution in [2.75, 3.05) is 0 Å². The van der Waals surface area contributed by atoms with Crippen LogP contribution in [0.4, 0.5) is 27.6 Å². The number of fused-ring (bicyclic) bond motifs is 1. The first-order valence-electron chi connectivity index (χ1n) is 7.97. The van der Waals surface area contributed by atoms with Gasteiger partial charge in [-0.25, -0.2) is 13.8 Å². The van der Waals surface area contributed by atoms with E-state index in [2.05, 4.69) is 10.1 Å². The second-order valence-corrected chi connectivity index (χ2v) is 6.93. The molecule has 2 heterocycles. The molecule has 10 nitrogen and oxygen atoms in total. The Morgan fingerprint density at radius 1 is 1.23 bits per heavy atom. The highest BCUT2D eigenvalue weighted by molar-refractivity contribution is 7.20. The fraction of sp³-hybridized carbons (Fsp3) is 0.200. The summed E-state index contributed by atoms with van der Waals surface area (Å²) in [4.78, 5) is 38.0. The van der Waals surface area contributed by atoms with Crippen molar-refractivity contribution in [1.82, 2.24) is 25.6 Å². The van der Waals surface area contributed by atoms with Crippen LogP contribution in [0.5, 0.6) is 0 Å². The number of thiazole rings is 1. The number of alkyl halides is 5. The lowest BCUT2D eigenvalue weighted by Crippen LogP contribution is -2.41. The fourth-order valence-electron chi connectivity index (χ4n) is 2.49. The van der Waals surface area contributed by atoms with Crippen molar-refractivity contribution in [2.45, 2.75) is 12.6 Å². The molecule has 0 aliphatic rings. The van der Waals surface area contributed by atoms with Gasteiger partial charge in [-0.1, -0.05) is 0 Å². The summed E-state index contributed by atoms with van der Waals surface area (Å²) in [6.07, 6.45) is -6.96. The molecule has 2 N–H and O–H groups in total. The highest BCUT2D eigenvalue weighted by Crippen LogP contribution is 2.38. The van der Waals surface area contributed by atoms with Crippen LogP contribution in [0.25, 0.3) is 10.2 Å². The Hall–Kier alpha value is -3.69. The van der Waals surface area contributed by atoms with Crippen LogP contribution in [0, 0.1) is 10.1 Å². The Morgan fingerprint density at radius 3 is 2.45 bits per heavy atom. The van der Waals surface area contributed by atoms with Crippen molar-refractivity contribution < 1.29 is 36.5 Å². The maximum absolute atomic E-state index is 13.0. The number of nitro benzene ring substituents is 1. The van der Waals surface area contributed by atoms with Gasteiger partial charge in [0.25, 0.3) is 23.9 Å². The lowest BCUT2D eigenvalue weighted by molar-refractivity contribution is -0.383. The van der Waals surface area contributed by atoms with Crippen molar-refractivity contribution in [1.29, 1.82) is 0 Å². The molecular formula is C15H9F5N6O4S. The number of carbonyl (C=O) groups is 2. The number of non-ortho nitro benzene ring substituents is 1. The number of hydrazine groups is 1. The number of aromatic nitrogens is 3. The molecule has 31 heavy (non-hydrogen) atoms. The number of nitrogens with zero attached hydrogens (tertiary/aromatic N) is 4. The minimum atomic E-state index is -4.88. The molecule has 3 aromatic rings. The van der Waals surface area contributed by atoms with Gasteiger partial charge in [0.05, 0.1) is 21.6 Å². The lowest BCUT2D eigenvalue weighted by Gasteiger charge is -2.05. The average molecular weight is 464 g/mol. The molecule has 0 unspecified atom stereocenters. The molecule has 0 radical (unpaired) electrons. The van der Waals surface area contributed by atoms with E-state index in [1.165, 1.54) is 7.05 Å². The van der Waals surface area contributed by atoms with Gasteiger partial charge in [-0.15, -0.1) is 11.3 Å². The molecule has 0 bridgehead atoms. The molecule has 0 fully saturated rings. The Bertz CT molecular complexity index is 1200. The van der Waals surface area contributed by atoms with Gasteiger partial charge in [0.2, 0.25) is 0 Å². The third kappa shape index (κ3) is 4.42. The third-order valence-corrected chi connectivity index (χ3v) is 4.88. The maximum atomic E-state index is 13.0. The first-order chi connectivity index (χ1) is 14.4. The standard InChI is InChI=1S/C15H9F5N6O4S/c1-25-4-6(9(24-25)11(16)17)12(27)22-23-13(28)14-21-7-2-5(15(18,19)20)3-8(26(29)30)10(7)31-14/h2-4,11H,1H3,(H,22,27)(H,23,28). The summed E-state index contributed by atoms with van der Waals surface area (Å²) in [5.41, 5.74) is -0.312. The van der Waals surface area contributed by atoms with Gasteiger partial charge < -0.3 is 0 Å². The highest BCUT2D eigenvalue weighted by atomic mass is 32.1. The zero-order chi connectivity index (χ0) is 23.1. The van der Waals surface area contributed by atoms with E-state index in [4.69, 9.17) is 0 Å². The molecule has 0 aliphatic heterocycles. The van der Waals surface area contributed by atoms with E-state index in [1.54, 1.807) is 0 Å². The number of amides is 2. The molecule has 0 saturated carbocycles. The quantitative estimate of drug-likeness (QED) is 0.347. The predicted octanol–water partition coefficient (Wildman–Crippen LogP) is 2.97. The predicted molar refractivity (Wildman–Crippen MR) is 94.4 cm³/mol. The number of nitro groups is 1. The number of nitrogens with one attached hydrogen (secondary N) is 2. The smallest absolute Gasteiger partial charge is 0.275 e. The minimum Gasteiger partial charge on any atom is -0.275 e. The summed E-state index contributed by atoms with van der Waals surface area (Å²) in [6.45, 7) is 0. The largest absolute Gasteiger partial charge is 0.416 e. The number of carbonyl (C=O) groups excluding carboxylic acids is 2. The van der Waals surface area contributed by atoms with E-state index in [1.807, 2.05) is 10.9 Å². The van der Waals surface area contributed by atoms with E-state index >= 15 is 0 Å². The van der Waals surface area contributed by atoms with Crippen LogP contribution in [-0.2, 0) is 13.2 Å². The van der Waals surface area contributed by atoms with Crippen molar-refractivity contribution >= 4 is 39.1 Å². The molecule has 0 spiro atoms. The van der Waals surface area contributed by atoms with Crippen molar-refractivity contribution in [3.05, 3.63) is 50.3 Å². The molecule has 3 rings (SSSR count). The molecule has 0 aliphatic carbocycles. The zero-order valence-corrected chi connectivity index (χ0v) is 15.8. The topological polar surface area (TPSA) is 132 Å². The van der Waals surface area contributed by atoms with Gasteiger partial charge in [0.15, 0.2) is 5.01 Å². The van der Waals surface area contributed by atoms with Gasteiger partial charge in [-0.05, 0) is 6.07 Å². The summed E-state index contributed by atoms with van der Waals surface area (Å²) >= 11 is 0.419. The average Bonchev–Trinajstić information content (AvgIpc) is 3.27. The van der Waals surface area contributed by atoms with Crippen molar-refractivity contribution in [3.63, 3.8) is 0 Å². The summed E-state index contributed by atoms with van der Waals surface area (Å²) in [6, 6.07) is 0.858. The first-order valence-corrected chi connectivity index (χ1v) is 8.78. The lowest BCUT2D eigenvalue weighted by atomic mass is 10.2. The second-order valence-electron chi connectivity index (χ2n) is 5.93. The first kappa shape index (κ1) is 22.0. The van der Waals surface area contributed by atoms with Crippen LogP contribution in [-0.4, -0.2) is 31.5 Å². The molecule has 1 aromatic carbocycles. The van der Waals surface area contributed by atoms with Crippen LogP contribution >= 0.6 is 11.3 Å². The minimum absolute atomic E-state index is 0.290. The Kier molecular flexibility index (Phi) is 5.58. The molecule has 0 atom stereocenters. The van der Waals surface area contributed by atoms with E-state index in [-0.39, 0.29) is 4.70 Å². The molecule has 0 saturated heterocycles. The number of hydrogen-bond acceptors (Lipinski definition) is 7. The highest BCUT2D eigenvalue weighted by Gasteiger charge is 2.34. The van der Waals surface area contributed by atoms with Gasteiger partial charge >= 0.3 is 6.18 Å². The molecular weight excluding hydrogens is 455 g/mol. The number of hydrogen-bond donors (Lipinski definition) is 2. The van der Waals surface area contributed by atoms with Gasteiger partial charge in [0.1, 0.15) is 10.4 Å². The maximum Gasteiger partial charge on any atom is 0.416 e. The third-order valence-electron chi connectivity index (χ3n) is 3.79. The molecule has 2 aromatic heterocycles. The normalized spacial score (nSPS) is 11.7.